The number of nitrogen functional groups attached to an aromatic ring is 1. The maximum atomic E-state index is 12.9. The van der Waals surface area contributed by atoms with Gasteiger partial charge < -0.3 is 10.5 Å². The van der Waals surface area contributed by atoms with Crippen LogP contribution in [-0.4, -0.2) is 12.4 Å². The van der Waals surface area contributed by atoms with E-state index in [1.54, 1.807) is 0 Å². The largest absolute Gasteiger partial charge is 0.434 e. The molecule has 0 amide bonds. The number of nitrogens with two attached hydrogens (primary N) is 1. The van der Waals surface area contributed by atoms with Crippen LogP contribution in [0.1, 0.15) is 17.3 Å². The molecule has 0 spiro atoms. The van der Waals surface area contributed by atoms with Crippen LogP contribution in [0.15, 0.2) is 12.1 Å². The number of Topliss-reactive ketones (excluding diaryl/α,β-unsaturated/α-hetero) is 1. The molecule has 1 rings (SSSR count). The molecule has 0 bridgehead atoms. The van der Waals surface area contributed by atoms with Crippen molar-refractivity contribution >= 4 is 11.5 Å². The second-order valence-electron chi connectivity index (χ2n) is 2.80. The molecule has 1 aromatic carbocycles. The van der Waals surface area contributed by atoms with E-state index in [0.29, 0.717) is 6.07 Å². The number of rotatable bonds is 3. The second-order valence-corrected chi connectivity index (χ2v) is 2.80. The molecule has 0 unspecified atom stereocenters. The molecule has 82 valence electrons. The third-order valence-electron chi connectivity index (χ3n) is 1.69. The minimum absolute atomic E-state index is 0.172. The Bertz CT molecular complexity index is 393. The van der Waals surface area contributed by atoms with Crippen LogP contribution in [0.5, 0.6) is 5.75 Å². The van der Waals surface area contributed by atoms with Crippen LogP contribution in [0.2, 0.25) is 0 Å². The van der Waals surface area contributed by atoms with E-state index in [1.807, 2.05) is 0 Å². The normalized spacial score (nSPS) is 10.5. The van der Waals surface area contributed by atoms with Gasteiger partial charge >= 0.3 is 6.61 Å². The molecular weight excluding hydrogens is 211 g/mol. The molecule has 0 aliphatic heterocycles. The van der Waals surface area contributed by atoms with E-state index in [4.69, 9.17) is 5.73 Å². The second kappa shape index (κ2) is 4.20. The molecular formula is C9H8F3NO2. The van der Waals surface area contributed by atoms with Crippen molar-refractivity contribution in [3.63, 3.8) is 0 Å². The maximum Gasteiger partial charge on any atom is 0.387 e. The van der Waals surface area contributed by atoms with Crippen LogP contribution in [0.4, 0.5) is 18.9 Å². The molecule has 15 heavy (non-hydrogen) atoms. The lowest BCUT2D eigenvalue weighted by molar-refractivity contribution is -0.0502. The van der Waals surface area contributed by atoms with Gasteiger partial charge in [-0.2, -0.15) is 8.78 Å². The van der Waals surface area contributed by atoms with Crippen molar-refractivity contribution in [2.75, 3.05) is 5.73 Å². The molecule has 0 saturated heterocycles. The minimum atomic E-state index is -3.12. The molecule has 0 aliphatic rings. The number of ether oxygens (including phenoxy) is 1. The van der Waals surface area contributed by atoms with Gasteiger partial charge in [-0.05, 0) is 13.0 Å². The summed E-state index contributed by atoms with van der Waals surface area (Å²) in [4.78, 5) is 11.0. The molecule has 0 atom stereocenters. The fourth-order valence-corrected chi connectivity index (χ4v) is 1.04. The number of alkyl halides is 2. The van der Waals surface area contributed by atoms with Gasteiger partial charge in [-0.25, -0.2) is 4.39 Å². The first-order valence-corrected chi connectivity index (χ1v) is 3.96. The molecule has 0 fully saturated rings. The Balaban J connectivity index is 3.22. The summed E-state index contributed by atoms with van der Waals surface area (Å²) in [6.45, 7) is -1.98. The lowest BCUT2D eigenvalue weighted by atomic mass is 10.1. The van der Waals surface area contributed by atoms with Crippen molar-refractivity contribution in [1.29, 1.82) is 0 Å². The molecule has 0 aliphatic carbocycles. The van der Waals surface area contributed by atoms with Gasteiger partial charge in [-0.15, -0.1) is 0 Å². The molecule has 6 heteroatoms. The van der Waals surface area contributed by atoms with Crippen LogP contribution < -0.4 is 10.5 Å². The smallest absolute Gasteiger partial charge is 0.387 e. The van der Waals surface area contributed by atoms with E-state index >= 15 is 0 Å². The lowest BCUT2D eigenvalue weighted by Gasteiger charge is -2.09. The minimum Gasteiger partial charge on any atom is -0.434 e. The SMILES string of the molecule is CC(=O)c1cc(N)c(F)cc1OC(F)F. The number of carbonyl (C=O) groups is 1. The number of anilines is 1. The first kappa shape index (κ1) is 11.4. The summed E-state index contributed by atoms with van der Waals surface area (Å²) >= 11 is 0. The van der Waals surface area contributed by atoms with E-state index < -0.39 is 24.0 Å². The van der Waals surface area contributed by atoms with Crippen molar-refractivity contribution in [3.8, 4) is 5.75 Å². The Labute approximate surface area is 83.6 Å². The summed E-state index contributed by atoms with van der Waals surface area (Å²) in [6, 6.07) is 1.63. The molecule has 0 aromatic heterocycles. The molecule has 3 nitrogen and oxygen atoms in total. The molecule has 1 aromatic rings. The number of carbonyl (C=O) groups excluding carboxylic acids is 1. The number of benzene rings is 1. The summed E-state index contributed by atoms with van der Waals surface area (Å²) in [5, 5.41) is 0. The predicted molar refractivity (Wildman–Crippen MR) is 47.4 cm³/mol. The van der Waals surface area contributed by atoms with Crippen LogP contribution in [-0.2, 0) is 0 Å². The van der Waals surface area contributed by atoms with Crippen molar-refractivity contribution in [1.82, 2.24) is 0 Å². The average Bonchev–Trinajstić information content (AvgIpc) is 2.09. The zero-order valence-corrected chi connectivity index (χ0v) is 7.76. The van der Waals surface area contributed by atoms with Gasteiger partial charge in [0, 0.05) is 6.07 Å². The number of halogens is 3. The average molecular weight is 219 g/mol. The third kappa shape index (κ3) is 2.61. The summed E-state index contributed by atoms with van der Waals surface area (Å²) in [5.74, 6) is -1.95. The monoisotopic (exact) mass is 219 g/mol. The van der Waals surface area contributed by atoms with Gasteiger partial charge in [-0.1, -0.05) is 0 Å². The highest BCUT2D eigenvalue weighted by atomic mass is 19.3. The Morgan fingerprint density at radius 3 is 2.53 bits per heavy atom. The topological polar surface area (TPSA) is 52.3 Å². The highest BCUT2D eigenvalue weighted by Crippen LogP contribution is 2.26. The van der Waals surface area contributed by atoms with Gasteiger partial charge in [0.25, 0.3) is 0 Å². The zero-order chi connectivity index (χ0) is 11.6. The number of ketones is 1. The molecule has 0 saturated carbocycles. The highest BCUT2D eigenvalue weighted by molar-refractivity contribution is 5.97. The Kier molecular flexibility index (Phi) is 3.18. The molecule has 0 heterocycles. The summed E-state index contributed by atoms with van der Waals surface area (Å²) in [5.41, 5.74) is 4.73. The molecule has 0 radical (unpaired) electrons. The predicted octanol–water partition coefficient (Wildman–Crippen LogP) is 2.21. The van der Waals surface area contributed by atoms with E-state index in [0.717, 1.165) is 13.0 Å². The number of hydrogen-bond donors (Lipinski definition) is 1. The molecule has 2 N–H and O–H groups in total. The number of hydrogen-bond acceptors (Lipinski definition) is 3. The van der Waals surface area contributed by atoms with Crippen molar-refractivity contribution in [3.05, 3.63) is 23.5 Å². The first-order chi connectivity index (χ1) is 6.91. The van der Waals surface area contributed by atoms with E-state index in [-0.39, 0.29) is 11.3 Å². The third-order valence-corrected chi connectivity index (χ3v) is 1.69. The highest BCUT2D eigenvalue weighted by Gasteiger charge is 2.15. The van der Waals surface area contributed by atoms with Crippen molar-refractivity contribution < 1.29 is 22.7 Å². The quantitative estimate of drug-likeness (QED) is 0.626. The van der Waals surface area contributed by atoms with Gasteiger partial charge in [0.1, 0.15) is 11.6 Å². The van der Waals surface area contributed by atoms with E-state index in [1.165, 1.54) is 0 Å². The first-order valence-electron chi connectivity index (χ1n) is 3.96. The van der Waals surface area contributed by atoms with Crippen molar-refractivity contribution in [2.24, 2.45) is 0 Å². The van der Waals surface area contributed by atoms with Gasteiger partial charge in [0.05, 0.1) is 11.3 Å². The summed E-state index contributed by atoms with van der Waals surface area (Å²) in [6.07, 6.45) is 0. The summed E-state index contributed by atoms with van der Waals surface area (Å²) < 4.78 is 40.7. The van der Waals surface area contributed by atoms with Gasteiger partial charge in [0.15, 0.2) is 5.78 Å². The fourth-order valence-electron chi connectivity index (χ4n) is 1.04. The van der Waals surface area contributed by atoms with Crippen LogP contribution in [0.3, 0.4) is 0 Å². The van der Waals surface area contributed by atoms with Crippen LogP contribution in [0, 0.1) is 5.82 Å². The van der Waals surface area contributed by atoms with Gasteiger partial charge in [0.2, 0.25) is 0 Å². The Morgan fingerprint density at radius 1 is 1.47 bits per heavy atom. The van der Waals surface area contributed by atoms with E-state index in [2.05, 4.69) is 4.74 Å². The van der Waals surface area contributed by atoms with Crippen molar-refractivity contribution in [2.45, 2.75) is 13.5 Å². The van der Waals surface area contributed by atoms with Crippen LogP contribution >= 0.6 is 0 Å². The van der Waals surface area contributed by atoms with Gasteiger partial charge in [-0.3, -0.25) is 4.79 Å². The summed E-state index contributed by atoms with van der Waals surface area (Å²) in [7, 11) is 0. The fraction of sp³-hybridized carbons (Fsp3) is 0.222. The lowest BCUT2D eigenvalue weighted by Crippen LogP contribution is -2.08. The van der Waals surface area contributed by atoms with Crippen LogP contribution in [0.25, 0.3) is 0 Å². The van der Waals surface area contributed by atoms with E-state index in [9.17, 15) is 18.0 Å². The Morgan fingerprint density at radius 2 is 2.07 bits per heavy atom. The zero-order valence-electron chi connectivity index (χ0n) is 7.76. The maximum absolute atomic E-state index is 12.9. The standard InChI is InChI=1S/C9H8F3NO2/c1-4(14)5-2-7(13)6(10)3-8(5)15-9(11)12/h2-3,9H,13H2,1H3. The Hall–Kier alpha value is -1.72.